The van der Waals surface area contributed by atoms with Gasteiger partial charge in [0.2, 0.25) is 5.91 Å². The molecule has 0 saturated carbocycles. The zero-order valence-electron chi connectivity index (χ0n) is 11.9. The van der Waals surface area contributed by atoms with E-state index in [9.17, 15) is 17.6 Å². The van der Waals surface area contributed by atoms with Gasteiger partial charge in [0.25, 0.3) is 0 Å². The van der Waals surface area contributed by atoms with E-state index in [1.54, 1.807) is 30.0 Å². The number of fused-ring (bicyclic) bond motifs is 1. The van der Waals surface area contributed by atoms with E-state index >= 15 is 0 Å². The van der Waals surface area contributed by atoms with Gasteiger partial charge in [-0.1, -0.05) is 30.8 Å². The number of thioether (sulfide) groups is 1. The Labute approximate surface area is 132 Å². The van der Waals surface area contributed by atoms with E-state index in [1.807, 2.05) is 0 Å². The molecule has 0 N–H and O–H groups in total. The molecule has 8 heteroatoms. The predicted octanol–water partition coefficient (Wildman–Crippen LogP) is 1.84. The molecule has 2 aliphatic rings. The fourth-order valence-corrected chi connectivity index (χ4v) is 6.60. The Hall–Kier alpha value is -1.41. The van der Waals surface area contributed by atoms with Crippen molar-refractivity contribution < 1.29 is 17.6 Å². The van der Waals surface area contributed by atoms with Crippen molar-refractivity contribution in [1.82, 2.24) is 0 Å². The Kier molecular flexibility index (Phi) is 3.98. The number of anilines is 1. The number of amidine groups is 1. The number of carbonyl (C=O) groups excluding carboxylic acids is 1. The molecule has 0 spiro atoms. The summed E-state index contributed by atoms with van der Waals surface area (Å²) in [6, 6.07) is 5.76. The Balaban J connectivity index is 2.05. The minimum absolute atomic E-state index is 0.0343. The molecule has 1 amide bonds. The van der Waals surface area contributed by atoms with Gasteiger partial charge in [-0.25, -0.2) is 12.8 Å². The molecule has 0 radical (unpaired) electrons. The number of para-hydroxylation sites is 1. The van der Waals surface area contributed by atoms with Crippen LogP contribution in [0.2, 0.25) is 0 Å². The number of rotatable bonds is 2. The number of hydrogen-bond acceptors (Lipinski definition) is 4. The third kappa shape index (κ3) is 2.77. The molecule has 5 nitrogen and oxygen atoms in total. The Morgan fingerprint density at radius 3 is 2.82 bits per heavy atom. The molecular weight excluding hydrogens is 327 g/mol. The number of hydrogen-bond donors (Lipinski definition) is 0. The van der Waals surface area contributed by atoms with Crippen molar-refractivity contribution in [1.29, 1.82) is 0 Å². The number of benzene rings is 1. The Morgan fingerprint density at radius 2 is 2.14 bits per heavy atom. The molecule has 22 heavy (non-hydrogen) atoms. The van der Waals surface area contributed by atoms with Crippen molar-refractivity contribution in [2.24, 2.45) is 4.99 Å². The number of aliphatic imine (C=N–C) groups is 1. The van der Waals surface area contributed by atoms with E-state index in [0.717, 1.165) is 0 Å². The molecule has 0 bridgehead atoms. The van der Waals surface area contributed by atoms with E-state index in [4.69, 9.17) is 0 Å². The van der Waals surface area contributed by atoms with Crippen LogP contribution in [0, 0.1) is 5.82 Å². The maximum absolute atomic E-state index is 14.1. The van der Waals surface area contributed by atoms with Crippen molar-refractivity contribution in [3.8, 4) is 0 Å². The number of nitrogens with zero attached hydrogens (tertiary/aromatic N) is 2. The Bertz CT molecular complexity index is 748. The van der Waals surface area contributed by atoms with Crippen molar-refractivity contribution in [2.45, 2.75) is 24.6 Å². The molecule has 1 aromatic carbocycles. The molecule has 3 rings (SSSR count). The van der Waals surface area contributed by atoms with Gasteiger partial charge in [0.1, 0.15) is 5.82 Å². The van der Waals surface area contributed by atoms with Gasteiger partial charge in [-0.15, -0.1) is 0 Å². The predicted molar refractivity (Wildman–Crippen MR) is 85.4 cm³/mol. The summed E-state index contributed by atoms with van der Waals surface area (Å²) in [5, 5.41) is 0.176. The van der Waals surface area contributed by atoms with Gasteiger partial charge < -0.3 is 4.90 Å². The van der Waals surface area contributed by atoms with Crippen LogP contribution < -0.4 is 4.90 Å². The standard InChI is InChI=1S/C14H15FN2O3S2/c1-2-13(18)16-14-17(10-6-4-3-5-9(10)15)11-7-22(19,20)8-12(11)21-14/h3-6,11-12H,2,7-8H2,1H3/t11-,12+/m0/s1. The van der Waals surface area contributed by atoms with Gasteiger partial charge >= 0.3 is 0 Å². The third-order valence-corrected chi connectivity index (χ3v) is 6.91. The van der Waals surface area contributed by atoms with E-state index in [2.05, 4.69) is 4.99 Å². The second-order valence-corrected chi connectivity index (χ2v) is 8.62. The van der Waals surface area contributed by atoms with Crippen LogP contribution in [0.5, 0.6) is 0 Å². The largest absolute Gasteiger partial charge is 0.313 e. The SMILES string of the molecule is CCC(=O)N=C1S[C@@H]2CS(=O)(=O)C[C@@H]2N1c1ccccc1F. The van der Waals surface area contributed by atoms with Crippen molar-refractivity contribution in [2.75, 3.05) is 16.4 Å². The molecule has 0 aliphatic carbocycles. The number of carbonyl (C=O) groups is 1. The Morgan fingerprint density at radius 1 is 1.41 bits per heavy atom. The lowest BCUT2D eigenvalue weighted by atomic mass is 10.2. The summed E-state index contributed by atoms with van der Waals surface area (Å²) >= 11 is 1.25. The van der Waals surface area contributed by atoms with Crippen LogP contribution >= 0.6 is 11.8 Å². The smallest absolute Gasteiger partial charge is 0.247 e. The molecule has 2 atom stereocenters. The molecule has 0 unspecified atom stereocenters. The first kappa shape index (κ1) is 15.5. The van der Waals surface area contributed by atoms with Gasteiger partial charge in [0, 0.05) is 11.7 Å². The average Bonchev–Trinajstić information content (AvgIpc) is 2.91. The summed E-state index contributed by atoms with van der Waals surface area (Å²) < 4.78 is 37.8. The average molecular weight is 342 g/mol. The summed E-state index contributed by atoms with van der Waals surface area (Å²) in [6.45, 7) is 1.70. The highest BCUT2D eigenvalue weighted by Gasteiger charge is 2.49. The van der Waals surface area contributed by atoms with Gasteiger partial charge in [0.05, 0.1) is 23.2 Å². The fraction of sp³-hybridized carbons (Fsp3) is 0.429. The molecule has 2 fully saturated rings. The molecule has 0 aromatic heterocycles. The van der Waals surface area contributed by atoms with E-state index < -0.39 is 15.7 Å². The van der Waals surface area contributed by atoms with Crippen LogP contribution in [0.15, 0.2) is 29.3 Å². The zero-order chi connectivity index (χ0) is 15.9. The summed E-state index contributed by atoms with van der Waals surface area (Å²) in [7, 11) is -3.14. The fourth-order valence-electron chi connectivity index (χ4n) is 2.68. The first-order chi connectivity index (χ1) is 10.4. The van der Waals surface area contributed by atoms with E-state index in [0.29, 0.717) is 5.17 Å². The monoisotopic (exact) mass is 342 g/mol. The van der Waals surface area contributed by atoms with Crippen LogP contribution in [-0.2, 0) is 14.6 Å². The summed E-state index contributed by atoms with van der Waals surface area (Å²) in [5.74, 6) is -0.762. The molecule has 118 valence electrons. The summed E-state index contributed by atoms with van der Waals surface area (Å²) in [6.07, 6.45) is 0.253. The first-order valence-electron chi connectivity index (χ1n) is 6.93. The van der Waals surface area contributed by atoms with Crippen LogP contribution in [0.4, 0.5) is 10.1 Å². The first-order valence-corrected chi connectivity index (χ1v) is 9.64. The number of amides is 1. The second-order valence-electron chi connectivity index (χ2n) is 5.26. The van der Waals surface area contributed by atoms with E-state index in [1.165, 1.54) is 17.8 Å². The minimum atomic E-state index is -3.14. The maximum Gasteiger partial charge on any atom is 0.247 e. The highest BCUT2D eigenvalue weighted by molar-refractivity contribution is 8.16. The summed E-state index contributed by atoms with van der Waals surface area (Å²) in [5.41, 5.74) is 0.266. The highest BCUT2D eigenvalue weighted by Crippen LogP contribution is 2.41. The van der Waals surface area contributed by atoms with Crippen molar-refractivity contribution in [3.63, 3.8) is 0 Å². The lowest BCUT2D eigenvalue weighted by molar-refractivity contribution is -0.117. The minimum Gasteiger partial charge on any atom is -0.313 e. The van der Waals surface area contributed by atoms with Crippen molar-refractivity contribution >= 4 is 38.4 Å². The quantitative estimate of drug-likeness (QED) is 0.820. The van der Waals surface area contributed by atoms with Crippen molar-refractivity contribution in [3.05, 3.63) is 30.1 Å². The number of sulfone groups is 1. The second kappa shape index (κ2) is 5.66. The van der Waals surface area contributed by atoms with Gasteiger partial charge in [-0.2, -0.15) is 4.99 Å². The lowest BCUT2D eigenvalue weighted by Gasteiger charge is -2.24. The van der Waals surface area contributed by atoms with Crippen LogP contribution in [-0.4, -0.2) is 42.3 Å². The van der Waals surface area contributed by atoms with Crippen LogP contribution in [0.25, 0.3) is 0 Å². The van der Waals surface area contributed by atoms with Gasteiger partial charge in [-0.05, 0) is 12.1 Å². The normalized spacial score (nSPS) is 28.1. The van der Waals surface area contributed by atoms with Gasteiger partial charge in [0.15, 0.2) is 15.0 Å². The molecule has 2 saturated heterocycles. The van der Waals surface area contributed by atoms with E-state index in [-0.39, 0.29) is 40.8 Å². The van der Waals surface area contributed by atoms with Gasteiger partial charge in [-0.3, -0.25) is 4.79 Å². The van der Waals surface area contributed by atoms with Crippen LogP contribution in [0.3, 0.4) is 0 Å². The van der Waals surface area contributed by atoms with Crippen LogP contribution in [0.1, 0.15) is 13.3 Å². The molecule has 2 aliphatic heterocycles. The molecular formula is C14H15FN2O3S2. The lowest BCUT2D eigenvalue weighted by Crippen LogP contribution is -2.38. The molecule has 2 heterocycles. The highest BCUT2D eigenvalue weighted by atomic mass is 32.2. The third-order valence-electron chi connectivity index (χ3n) is 3.70. The topological polar surface area (TPSA) is 66.8 Å². The number of halogens is 1. The molecule has 1 aromatic rings. The zero-order valence-corrected chi connectivity index (χ0v) is 13.5. The maximum atomic E-state index is 14.1. The summed E-state index contributed by atoms with van der Waals surface area (Å²) in [4.78, 5) is 17.2.